The van der Waals surface area contributed by atoms with Gasteiger partial charge >= 0.3 is 0 Å². The minimum absolute atomic E-state index is 0.0346. The highest BCUT2D eigenvalue weighted by molar-refractivity contribution is 5.94. The van der Waals surface area contributed by atoms with E-state index >= 15 is 0 Å². The minimum atomic E-state index is -0.242. The van der Waals surface area contributed by atoms with E-state index < -0.39 is 0 Å². The van der Waals surface area contributed by atoms with Crippen LogP contribution in [0.1, 0.15) is 41.6 Å². The van der Waals surface area contributed by atoms with Crippen LogP contribution in [0.25, 0.3) is 0 Å². The molecule has 4 rings (SSSR count). The number of benzene rings is 1. The van der Waals surface area contributed by atoms with Crippen LogP contribution in [0.5, 0.6) is 11.5 Å². The molecule has 152 valence electrons. The fourth-order valence-electron chi connectivity index (χ4n) is 3.70. The van der Waals surface area contributed by atoms with Crippen molar-refractivity contribution in [2.75, 3.05) is 6.79 Å². The number of ether oxygens (including phenoxy) is 2. The van der Waals surface area contributed by atoms with Gasteiger partial charge < -0.3 is 25.1 Å². The molecule has 8 nitrogen and oxygen atoms in total. The summed E-state index contributed by atoms with van der Waals surface area (Å²) < 4.78 is 10.6. The minimum Gasteiger partial charge on any atom is -0.454 e. The van der Waals surface area contributed by atoms with Crippen molar-refractivity contribution in [1.29, 1.82) is 0 Å². The molecule has 2 heterocycles. The SMILES string of the molecule is O=C(NC1CCC(C(=O)NCc2ccc3c(c2)OCO3)CC1)c1ccc(=O)[nH]c1. The maximum absolute atomic E-state index is 12.5. The number of nitrogens with one attached hydrogen (secondary N) is 3. The molecule has 1 aliphatic heterocycles. The average molecular weight is 397 g/mol. The molecular formula is C21H23N3O5. The Kier molecular flexibility index (Phi) is 5.50. The number of aromatic amines is 1. The summed E-state index contributed by atoms with van der Waals surface area (Å²) in [4.78, 5) is 38.3. The molecule has 0 atom stereocenters. The lowest BCUT2D eigenvalue weighted by molar-refractivity contribution is -0.126. The first kappa shape index (κ1) is 19.0. The van der Waals surface area contributed by atoms with Gasteiger partial charge in [0.05, 0.1) is 5.56 Å². The second-order valence-corrected chi connectivity index (χ2v) is 7.37. The molecule has 0 unspecified atom stereocenters. The highest BCUT2D eigenvalue weighted by Gasteiger charge is 2.27. The molecule has 1 aromatic heterocycles. The number of carbonyl (C=O) groups is 2. The maximum Gasteiger partial charge on any atom is 0.252 e. The molecular weight excluding hydrogens is 374 g/mol. The van der Waals surface area contributed by atoms with Crippen molar-refractivity contribution in [3.05, 3.63) is 58.0 Å². The largest absolute Gasteiger partial charge is 0.454 e. The number of pyridine rings is 1. The van der Waals surface area contributed by atoms with Crippen LogP contribution in [0, 0.1) is 5.92 Å². The first-order chi connectivity index (χ1) is 14.1. The zero-order valence-electron chi connectivity index (χ0n) is 15.9. The van der Waals surface area contributed by atoms with Crippen LogP contribution in [0.3, 0.4) is 0 Å². The van der Waals surface area contributed by atoms with Crippen LogP contribution in [-0.4, -0.2) is 29.6 Å². The van der Waals surface area contributed by atoms with E-state index in [1.807, 2.05) is 18.2 Å². The third kappa shape index (κ3) is 4.59. The van der Waals surface area contributed by atoms with E-state index in [2.05, 4.69) is 15.6 Å². The van der Waals surface area contributed by atoms with Crippen molar-refractivity contribution in [2.24, 2.45) is 5.92 Å². The number of carbonyl (C=O) groups excluding carboxylic acids is 2. The molecule has 1 saturated carbocycles. The van der Waals surface area contributed by atoms with E-state index in [1.165, 1.54) is 18.3 Å². The lowest BCUT2D eigenvalue weighted by Gasteiger charge is -2.28. The lowest BCUT2D eigenvalue weighted by atomic mass is 9.85. The predicted octanol–water partition coefficient (Wildman–Crippen LogP) is 1.71. The molecule has 2 amide bonds. The fraction of sp³-hybridized carbons (Fsp3) is 0.381. The van der Waals surface area contributed by atoms with Gasteiger partial charge in [-0.15, -0.1) is 0 Å². The lowest BCUT2D eigenvalue weighted by Crippen LogP contribution is -2.40. The number of rotatable bonds is 5. The van der Waals surface area contributed by atoms with Crippen LogP contribution in [0.15, 0.2) is 41.3 Å². The summed E-state index contributed by atoms with van der Waals surface area (Å²) in [6, 6.07) is 8.51. The van der Waals surface area contributed by atoms with Gasteiger partial charge in [-0.2, -0.15) is 0 Å². The van der Waals surface area contributed by atoms with Crippen molar-refractivity contribution in [2.45, 2.75) is 38.3 Å². The quantitative estimate of drug-likeness (QED) is 0.712. The monoisotopic (exact) mass is 397 g/mol. The van der Waals surface area contributed by atoms with Crippen molar-refractivity contribution in [1.82, 2.24) is 15.6 Å². The highest BCUT2D eigenvalue weighted by atomic mass is 16.7. The Bertz CT molecular complexity index is 943. The number of amides is 2. The zero-order chi connectivity index (χ0) is 20.2. The summed E-state index contributed by atoms with van der Waals surface area (Å²) in [5.41, 5.74) is 1.14. The Morgan fingerprint density at radius 2 is 1.83 bits per heavy atom. The molecule has 0 saturated heterocycles. The molecule has 1 aliphatic carbocycles. The van der Waals surface area contributed by atoms with E-state index in [4.69, 9.17) is 9.47 Å². The highest BCUT2D eigenvalue weighted by Crippen LogP contribution is 2.32. The van der Waals surface area contributed by atoms with Crippen LogP contribution in [0.2, 0.25) is 0 Å². The first-order valence-corrected chi connectivity index (χ1v) is 9.74. The normalized spacial score (nSPS) is 20.1. The number of aromatic nitrogens is 1. The van der Waals surface area contributed by atoms with Gasteiger partial charge in [0.25, 0.3) is 5.91 Å². The van der Waals surface area contributed by atoms with Crippen molar-refractivity contribution >= 4 is 11.8 Å². The van der Waals surface area contributed by atoms with Crippen molar-refractivity contribution < 1.29 is 19.1 Å². The van der Waals surface area contributed by atoms with Crippen molar-refractivity contribution in [3.63, 3.8) is 0 Å². The molecule has 29 heavy (non-hydrogen) atoms. The topological polar surface area (TPSA) is 110 Å². The van der Waals surface area contributed by atoms with E-state index in [0.29, 0.717) is 17.9 Å². The zero-order valence-corrected chi connectivity index (χ0v) is 15.9. The van der Waals surface area contributed by atoms with Gasteiger partial charge in [0.15, 0.2) is 11.5 Å². The van der Waals surface area contributed by atoms with Crippen LogP contribution < -0.4 is 25.7 Å². The van der Waals surface area contributed by atoms with Gasteiger partial charge in [-0.05, 0) is 49.4 Å². The first-order valence-electron chi connectivity index (χ1n) is 9.74. The summed E-state index contributed by atoms with van der Waals surface area (Å²) >= 11 is 0. The molecule has 2 aromatic rings. The summed E-state index contributed by atoms with van der Waals surface area (Å²) in [5, 5.41) is 5.97. The molecule has 8 heteroatoms. The molecule has 0 radical (unpaired) electrons. The van der Waals surface area contributed by atoms with Gasteiger partial charge in [-0.1, -0.05) is 6.07 Å². The van der Waals surface area contributed by atoms with Crippen molar-refractivity contribution in [3.8, 4) is 11.5 Å². The predicted molar refractivity (Wildman–Crippen MR) is 105 cm³/mol. The van der Waals surface area contributed by atoms with Crippen LogP contribution >= 0.6 is 0 Å². The summed E-state index contributed by atoms with van der Waals surface area (Å²) in [6.07, 6.45) is 4.36. The van der Waals surface area contributed by atoms with Crippen LogP contribution in [-0.2, 0) is 11.3 Å². The number of hydrogen-bond acceptors (Lipinski definition) is 5. The Labute approximate surface area is 167 Å². The van der Waals surface area contributed by atoms with Gasteiger partial charge in [0.2, 0.25) is 18.3 Å². The van der Waals surface area contributed by atoms with Gasteiger partial charge in [-0.3, -0.25) is 14.4 Å². The standard InChI is InChI=1S/C21H23N3O5/c25-19-8-4-15(11-22-19)21(27)24-16-5-2-14(3-6-16)20(26)23-10-13-1-7-17-18(9-13)29-12-28-17/h1,4,7-9,11,14,16H,2-3,5-6,10,12H2,(H,22,25)(H,23,26)(H,24,27). The van der Waals surface area contributed by atoms with E-state index in [9.17, 15) is 14.4 Å². The van der Waals surface area contributed by atoms with Crippen LogP contribution in [0.4, 0.5) is 0 Å². The Hall–Kier alpha value is -3.29. The fourth-order valence-corrected chi connectivity index (χ4v) is 3.70. The Balaban J connectivity index is 1.22. The number of fused-ring (bicyclic) bond motifs is 1. The number of H-pyrrole nitrogens is 1. The van der Waals surface area contributed by atoms with E-state index in [-0.39, 0.29) is 36.1 Å². The summed E-state index contributed by atoms with van der Waals surface area (Å²) in [7, 11) is 0. The Morgan fingerprint density at radius 1 is 1.03 bits per heavy atom. The molecule has 3 N–H and O–H groups in total. The smallest absolute Gasteiger partial charge is 0.252 e. The molecule has 0 spiro atoms. The average Bonchev–Trinajstić information content (AvgIpc) is 3.21. The molecule has 2 aliphatic rings. The second kappa shape index (κ2) is 8.38. The van der Waals surface area contributed by atoms with Gasteiger partial charge in [-0.25, -0.2) is 0 Å². The van der Waals surface area contributed by atoms with Gasteiger partial charge in [0.1, 0.15) is 0 Å². The van der Waals surface area contributed by atoms with E-state index in [1.54, 1.807) is 0 Å². The molecule has 1 fully saturated rings. The van der Waals surface area contributed by atoms with Gasteiger partial charge in [0, 0.05) is 30.8 Å². The molecule has 1 aromatic carbocycles. The molecule has 0 bridgehead atoms. The Morgan fingerprint density at radius 3 is 2.59 bits per heavy atom. The number of hydrogen-bond donors (Lipinski definition) is 3. The van der Waals surface area contributed by atoms with E-state index in [0.717, 1.165) is 37.0 Å². The third-order valence-corrected chi connectivity index (χ3v) is 5.38. The second-order valence-electron chi connectivity index (χ2n) is 7.37. The maximum atomic E-state index is 12.5. The summed E-state index contributed by atoms with van der Waals surface area (Å²) in [6.45, 7) is 0.672. The summed E-state index contributed by atoms with van der Waals surface area (Å²) in [5.74, 6) is 1.20. The third-order valence-electron chi connectivity index (χ3n) is 5.38.